The van der Waals surface area contributed by atoms with E-state index in [4.69, 9.17) is 4.74 Å². The third-order valence-corrected chi connectivity index (χ3v) is 7.32. The van der Waals surface area contributed by atoms with Crippen molar-refractivity contribution in [1.29, 1.82) is 0 Å². The van der Waals surface area contributed by atoms with Crippen LogP contribution < -0.4 is 0 Å². The van der Waals surface area contributed by atoms with Crippen LogP contribution in [0.3, 0.4) is 0 Å². The van der Waals surface area contributed by atoms with Crippen molar-refractivity contribution in [2.24, 2.45) is 5.41 Å². The highest BCUT2D eigenvalue weighted by atomic mass is 16.6. The summed E-state index contributed by atoms with van der Waals surface area (Å²) >= 11 is 0. The molecular formula is C28H37N5O3. The van der Waals surface area contributed by atoms with Crippen molar-refractivity contribution in [3.63, 3.8) is 0 Å². The largest absolute Gasteiger partial charge is 0.444 e. The predicted molar refractivity (Wildman–Crippen MR) is 140 cm³/mol. The van der Waals surface area contributed by atoms with Gasteiger partial charge in [0.25, 0.3) is 5.91 Å². The maximum absolute atomic E-state index is 13.4. The monoisotopic (exact) mass is 491 g/mol. The molecule has 1 saturated heterocycles. The molecule has 192 valence electrons. The quantitative estimate of drug-likeness (QED) is 0.518. The Kier molecular flexibility index (Phi) is 5.88. The molecule has 2 aliphatic rings. The van der Waals surface area contributed by atoms with E-state index in [1.54, 1.807) is 4.90 Å². The number of benzene rings is 1. The highest BCUT2D eigenvalue weighted by molar-refractivity contribution is 5.99. The SMILES string of the molecule is C[C@@H]1CN(C(=O)OC(C)(C)C)CCN1C(=O)c1ccc2cc(-c3n[nH]c4c3CCC(C)(C)C4)[nH]c2c1. The minimum absolute atomic E-state index is 0.0243. The van der Waals surface area contributed by atoms with Gasteiger partial charge in [0, 0.05) is 53.4 Å². The standard InChI is InChI=1S/C28H37N5O3/c1-17-16-32(26(35)36-27(2,3)4)11-12-33(17)25(34)19-8-7-18-13-22(29-21(18)14-19)24-20-9-10-28(5,6)15-23(20)30-31-24/h7-8,13-14,17,29H,9-12,15-16H2,1-6H3,(H,30,31)/t17-/m1/s1. The van der Waals surface area contributed by atoms with Gasteiger partial charge in [0.2, 0.25) is 0 Å². The van der Waals surface area contributed by atoms with Crippen LogP contribution in [0.4, 0.5) is 4.79 Å². The third kappa shape index (κ3) is 4.73. The highest BCUT2D eigenvalue weighted by Crippen LogP contribution is 2.38. The summed E-state index contributed by atoms with van der Waals surface area (Å²) in [6, 6.07) is 7.82. The zero-order valence-corrected chi connectivity index (χ0v) is 22.2. The third-order valence-electron chi connectivity index (χ3n) is 7.32. The van der Waals surface area contributed by atoms with Crippen molar-refractivity contribution in [3.8, 4) is 11.4 Å². The van der Waals surface area contributed by atoms with Gasteiger partial charge in [-0.3, -0.25) is 9.89 Å². The Labute approximate surface area is 212 Å². The normalized spacial score (nSPS) is 19.9. The first-order valence-corrected chi connectivity index (χ1v) is 12.9. The van der Waals surface area contributed by atoms with Crippen LogP contribution >= 0.6 is 0 Å². The van der Waals surface area contributed by atoms with Crippen molar-refractivity contribution in [1.82, 2.24) is 25.0 Å². The fraction of sp³-hybridized carbons (Fsp3) is 0.536. The Bertz CT molecular complexity index is 1310. The molecule has 0 spiro atoms. The van der Waals surface area contributed by atoms with E-state index >= 15 is 0 Å². The molecule has 0 unspecified atom stereocenters. The molecule has 0 saturated carbocycles. The second kappa shape index (κ2) is 8.68. The molecule has 1 aromatic carbocycles. The number of nitrogens with zero attached hydrogens (tertiary/aromatic N) is 3. The summed E-state index contributed by atoms with van der Waals surface area (Å²) in [5.41, 5.74) is 5.81. The summed E-state index contributed by atoms with van der Waals surface area (Å²) in [6.45, 7) is 13.5. The van der Waals surface area contributed by atoms with Crippen LogP contribution in [-0.4, -0.2) is 68.3 Å². The van der Waals surface area contributed by atoms with Gasteiger partial charge in [0.1, 0.15) is 11.3 Å². The first kappa shape index (κ1) is 24.4. The number of fused-ring (bicyclic) bond motifs is 2. The van der Waals surface area contributed by atoms with Crippen LogP contribution in [0, 0.1) is 5.41 Å². The minimum Gasteiger partial charge on any atom is -0.444 e. The molecular weight excluding hydrogens is 454 g/mol. The minimum atomic E-state index is -0.538. The van der Waals surface area contributed by atoms with E-state index in [0.29, 0.717) is 30.6 Å². The van der Waals surface area contributed by atoms with Crippen molar-refractivity contribution in [2.45, 2.75) is 72.4 Å². The molecule has 2 N–H and O–H groups in total. The van der Waals surface area contributed by atoms with E-state index in [-0.39, 0.29) is 18.0 Å². The van der Waals surface area contributed by atoms with Crippen LogP contribution in [0.25, 0.3) is 22.3 Å². The van der Waals surface area contributed by atoms with Gasteiger partial charge < -0.3 is 19.5 Å². The summed E-state index contributed by atoms with van der Waals surface area (Å²) < 4.78 is 5.50. The molecule has 3 aromatic rings. The van der Waals surface area contributed by atoms with Gasteiger partial charge in [0.05, 0.1) is 5.69 Å². The van der Waals surface area contributed by atoms with Crippen LogP contribution in [0.5, 0.6) is 0 Å². The van der Waals surface area contributed by atoms with Crippen LogP contribution in [0.1, 0.15) is 69.6 Å². The average Bonchev–Trinajstić information content (AvgIpc) is 3.39. The lowest BCUT2D eigenvalue weighted by Gasteiger charge is -2.40. The molecule has 0 radical (unpaired) electrons. The summed E-state index contributed by atoms with van der Waals surface area (Å²) in [6.07, 6.45) is 2.84. The zero-order valence-electron chi connectivity index (χ0n) is 22.2. The van der Waals surface area contributed by atoms with E-state index in [2.05, 4.69) is 35.1 Å². The maximum atomic E-state index is 13.4. The van der Waals surface area contributed by atoms with Crippen LogP contribution in [-0.2, 0) is 17.6 Å². The lowest BCUT2D eigenvalue weighted by atomic mass is 9.76. The number of carbonyl (C=O) groups is 2. The lowest BCUT2D eigenvalue weighted by molar-refractivity contribution is 0.00617. The number of carbonyl (C=O) groups excluding carboxylic acids is 2. The summed E-state index contributed by atoms with van der Waals surface area (Å²) in [5.74, 6) is -0.0243. The molecule has 2 aromatic heterocycles. The first-order valence-electron chi connectivity index (χ1n) is 12.9. The number of aromatic nitrogens is 3. The number of hydrogen-bond donors (Lipinski definition) is 2. The average molecular weight is 492 g/mol. The summed E-state index contributed by atoms with van der Waals surface area (Å²) in [4.78, 5) is 32.9. The molecule has 1 atom stereocenters. The fourth-order valence-corrected chi connectivity index (χ4v) is 5.38. The Morgan fingerprint density at radius 3 is 2.67 bits per heavy atom. The number of nitrogens with one attached hydrogen (secondary N) is 2. The number of rotatable bonds is 2. The van der Waals surface area contributed by atoms with E-state index in [9.17, 15) is 9.59 Å². The fourth-order valence-electron chi connectivity index (χ4n) is 5.38. The number of aromatic amines is 2. The van der Waals surface area contributed by atoms with E-state index in [1.807, 2.05) is 50.8 Å². The molecule has 1 aliphatic carbocycles. The van der Waals surface area contributed by atoms with Gasteiger partial charge in [-0.1, -0.05) is 19.9 Å². The Morgan fingerprint density at radius 1 is 1.17 bits per heavy atom. The number of piperazine rings is 1. The molecule has 8 nitrogen and oxygen atoms in total. The molecule has 1 aliphatic heterocycles. The van der Waals surface area contributed by atoms with E-state index in [1.165, 1.54) is 11.3 Å². The second-order valence-corrected chi connectivity index (χ2v) is 12.1. The number of ether oxygens (including phenoxy) is 1. The molecule has 8 heteroatoms. The Balaban J connectivity index is 1.32. The predicted octanol–water partition coefficient (Wildman–Crippen LogP) is 5.15. The van der Waals surface area contributed by atoms with Crippen molar-refractivity contribution < 1.29 is 14.3 Å². The summed E-state index contributed by atoms with van der Waals surface area (Å²) in [7, 11) is 0. The van der Waals surface area contributed by atoms with Gasteiger partial charge in [-0.2, -0.15) is 5.10 Å². The topological polar surface area (TPSA) is 94.3 Å². The number of H-pyrrole nitrogens is 2. The Hall–Kier alpha value is -3.29. The van der Waals surface area contributed by atoms with Crippen molar-refractivity contribution in [3.05, 3.63) is 41.1 Å². The number of hydrogen-bond acceptors (Lipinski definition) is 4. The van der Waals surface area contributed by atoms with Gasteiger partial charge in [-0.05, 0) is 70.6 Å². The van der Waals surface area contributed by atoms with Gasteiger partial charge in [0.15, 0.2) is 0 Å². The maximum Gasteiger partial charge on any atom is 0.410 e. The molecule has 0 bridgehead atoms. The van der Waals surface area contributed by atoms with E-state index in [0.717, 1.165) is 41.6 Å². The zero-order chi connectivity index (χ0) is 25.8. The lowest BCUT2D eigenvalue weighted by Crippen LogP contribution is -2.56. The molecule has 36 heavy (non-hydrogen) atoms. The smallest absolute Gasteiger partial charge is 0.410 e. The number of amides is 2. The Morgan fingerprint density at radius 2 is 1.94 bits per heavy atom. The van der Waals surface area contributed by atoms with Gasteiger partial charge in [-0.25, -0.2) is 4.79 Å². The van der Waals surface area contributed by atoms with Crippen LogP contribution in [0.2, 0.25) is 0 Å². The van der Waals surface area contributed by atoms with Gasteiger partial charge >= 0.3 is 6.09 Å². The second-order valence-electron chi connectivity index (χ2n) is 12.1. The molecule has 3 heterocycles. The summed E-state index contributed by atoms with van der Waals surface area (Å²) in [5, 5.41) is 8.95. The molecule has 1 fully saturated rings. The van der Waals surface area contributed by atoms with Crippen LogP contribution in [0.15, 0.2) is 24.3 Å². The first-order chi connectivity index (χ1) is 16.9. The van der Waals surface area contributed by atoms with Crippen molar-refractivity contribution in [2.75, 3.05) is 19.6 Å². The van der Waals surface area contributed by atoms with Crippen molar-refractivity contribution >= 4 is 22.9 Å². The van der Waals surface area contributed by atoms with E-state index < -0.39 is 5.60 Å². The molecule has 5 rings (SSSR count). The highest BCUT2D eigenvalue weighted by Gasteiger charge is 2.33. The molecule has 2 amide bonds. The van der Waals surface area contributed by atoms with Gasteiger partial charge in [-0.15, -0.1) is 0 Å².